The zero-order valence-corrected chi connectivity index (χ0v) is 14.8. The van der Waals surface area contributed by atoms with E-state index < -0.39 is 5.97 Å². The molecule has 2 aromatic carbocycles. The van der Waals surface area contributed by atoms with Crippen molar-refractivity contribution in [2.45, 2.75) is 9.79 Å². The first-order valence-electron chi connectivity index (χ1n) is 7.07. The number of carbonyl (C=O) groups is 2. The highest BCUT2D eigenvalue weighted by Gasteiger charge is 2.14. The molecule has 0 bridgehead atoms. The minimum atomic E-state index is -1.03. The van der Waals surface area contributed by atoms with Crippen molar-refractivity contribution in [1.29, 1.82) is 0 Å². The van der Waals surface area contributed by atoms with Crippen LogP contribution in [0.15, 0.2) is 58.3 Å². The van der Waals surface area contributed by atoms with Gasteiger partial charge in [0.05, 0.1) is 5.56 Å². The van der Waals surface area contributed by atoms with Crippen LogP contribution in [0.5, 0.6) is 0 Å². The van der Waals surface area contributed by atoms with Gasteiger partial charge < -0.3 is 10.0 Å². The molecule has 0 unspecified atom stereocenters. The number of nitrogens with zero attached hydrogens (tertiary/aromatic N) is 1. The van der Waals surface area contributed by atoms with Gasteiger partial charge in [-0.15, -0.1) is 0 Å². The van der Waals surface area contributed by atoms with Crippen LogP contribution in [0.1, 0.15) is 15.9 Å². The molecule has 4 nitrogen and oxygen atoms in total. The number of benzene rings is 2. The van der Waals surface area contributed by atoms with Crippen molar-refractivity contribution in [2.75, 3.05) is 14.1 Å². The highest BCUT2D eigenvalue weighted by Crippen LogP contribution is 2.35. The molecule has 0 aliphatic carbocycles. The zero-order valence-electron chi connectivity index (χ0n) is 13.2. The molecule has 0 atom stereocenters. The average Bonchev–Trinajstić information content (AvgIpc) is 2.54. The van der Waals surface area contributed by atoms with Crippen LogP contribution in [-0.4, -0.2) is 36.0 Å². The van der Waals surface area contributed by atoms with Crippen molar-refractivity contribution in [2.24, 2.45) is 0 Å². The maximum atomic E-state index is 12.3. The number of halogens is 1. The van der Waals surface area contributed by atoms with E-state index in [0.717, 1.165) is 15.9 Å². The van der Waals surface area contributed by atoms with E-state index in [9.17, 15) is 9.59 Å². The van der Waals surface area contributed by atoms with Crippen molar-refractivity contribution in [1.82, 2.24) is 4.90 Å². The lowest BCUT2D eigenvalue weighted by molar-refractivity contribution is -0.131. The summed E-state index contributed by atoms with van der Waals surface area (Å²) in [5.41, 5.74) is 1.28. The number of carboxylic acids is 1. The van der Waals surface area contributed by atoms with Gasteiger partial charge in [-0.25, -0.2) is 4.79 Å². The van der Waals surface area contributed by atoms with Gasteiger partial charge >= 0.3 is 5.97 Å². The molecule has 2 rings (SSSR count). The zero-order chi connectivity index (χ0) is 17.7. The van der Waals surface area contributed by atoms with Gasteiger partial charge in [-0.1, -0.05) is 35.5 Å². The SMILES string of the molecule is CN(C)C(=O)c1ccccc1Sc1ccc(Cl)cc1/C=C/C(=O)O. The molecule has 1 N–H and O–H groups in total. The van der Waals surface area contributed by atoms with Crippen LogP contribution in [0.3, 0.4) is 0 Å². The Morgan fingerprint density at radius 1 is 1.12 bits per heavy atom. The van der Waals surface area contributed by atoms with Crippen LogP contribution < -0.4 is 0 Å². The number of hydrogen-bond acceptors (Lipinski definition) is 3. The van der Waals surface area contributed by atoms with Crippen LogP contribution in [-0.2, 0) is 4.79 Å². The van der Waals surface area contributed by atoms with Crippen molar-refractivity contribution in [3.8, 4) is 0 Å². The van der Waals surface area contributed by atoms with E-state index in [2.05, 4.69) is 0 Å². The van der Waals surface area contributed by atoms with Gasteiger partial charge in [-0.2, -0.15) is 0 Å². The van der Waals surface area contributed by atoms with E-state index in [1.807, 2.05) is 24.3 Å². The van der Waals surface area contributed by atoms with Crippen molar-refractivity contribution < 1.29 is 14.7 Å². The third-order valence-electron chi connectivity index (χ3n) is 3.12. The topological polar surface area (TPSA) is 57.6 Å². The summed E-state index contributed by atoms with van der Waals surface area (Å²) >= 11 is 7.40. The first-order chi connectivity index (χ1) is 11.4. The second kappa shape index (κ2) is 8.04. The highest BCUT2D eigenvalue weighted by atomic mass is 35.5. The quantitative estimate of drug-likeness (QED) is 0.807. The van der Waals surface area contributed by atoms with Gasteiger partial charge in [-0.05, 0) is 42.0 Å². The lowest BCUT2D eigenvalue weighted by atomic mass is 10.2. The number of carboxylic acid groups (broad SMARTS) is 1. The first-order valence-corrected chi connectivity index (χ1v) is 8.27. The summed E-state index contributed by atoms with van der Waals surface area (Å²) in [4.78, 5) is 26.2. The van der Waals surface area contributed by atoms with Crippen LogP contribution >= 0.6 is 23.4 Å². The molecule has 24 heavy (non-hydrogen) atoms. The summed E-state index contributed by atoms with van der Waals surface area (Å²) in [7, 11) is 3.40. The first kappa shape index (κ1) is 18.1. The minimum absolute atomic E-state index is 0.0882. The van der Waals surface area contributed by atoms with E-state index in [-0.39, 0.29) is 5.91 Å². The number of hydrogen-bond donors (Lipinski definition) is 1. The Bertz CT molecular complexity index is 803. The molecule has 124 valence electrons. The molecule has 0 heterocycles. The molecule has 0 aromatic heterocycles. The van der Waals surface area contributed by atoms with E-state index >= 15 is 0 Å². The Morgan fingerprint density at radius 2 is 1.83 bits per heavy atom. The molecule has 0 fully saturated rings. The summed E-state index contributed by atoms with van der Waals surface area (Å²) < 4.78 is 0. The lowest BCUT2D eigenvalue weighted by Crippen LogP contribution is -2.22. The van der Waals surface area contributed by atoms with E-state index in [1.54, 1.807) is 32.3 Å². The maximum Gasteiger partial charge on any atom is 0.328 e. The number of aliphatic carboxylic acids is 1. The van der Waals surface area contributed by atoms with Crippen LogP contribution in [0, 0.1) is 0 Å². The van der Waals surface area contributed by atoms with E-state index in [1.165, 1.54) is 22.7 Å². The Morgan fingerprint density at radius 3 is 2.50 bits per heavy atom. The van der Waals surface area contributed by atoms with Gasteiger partial charge in [-0.3, -0.25) is 4.79 Å². The van der Waals surface area contributed by atoms with E-state index in [0.29, 0.717) is 16.1 Å². The Kier molecular flexibility index (Phi) is 6.06. The van der Waals surface area contributed by atoms with Crippen molar-refractivity contribution in [3.05, 3.63) is 64.7 Å². The smallest absolute Gasteiger partial charge is 0.328 e. The third kappa shape index (κ3) is 4.63. The molecule has 0 saturated heterocycles. The standard InChI is InChI=1S/C18H16ClNO3S/c1-20(2)18(23)14-5-3-4-6-16(14)24-15-9-8-13(19)11-12(15)7-10-17(21)22/h3-11H,1-2H3,(H,21,22)/b10-7+. The van der Waals surface area contributed by atoms with Crippen molar-refractivity contribution in [3.63, 3.8) is 0 Å². The summed E-state index contributed by atoms with van der Waals surface area (Å²) in [5.74, 6) is -1.12. The monoisotopic (exact) mass is 361 g/mol. The Balaban J connectivity index is 2.42. The largest absolute Gasteiger partial charge is 0.478 e. The van der Waals surface area contributed by atoms with Crippen molar-refractivity contribution >= 4 is 41.3 Å². The maximum absolute atomic E-state index is 12.3. The Hall–Kier alpha value is -2.24. The summed E-state index contributed by atoms with van der Waals surface area (Å²) in [6, 6.07) is 12.5. The fourth-order valence-electron chi connectivity index (χ4n) is 2.00. The third-order valence-corrected chi connectivity index (χ3v) is 4.52. The molecule has 0 spiro atoms. The van der Waals surface area contributed by atoms with E-state index in [4.69, 9.17) is 16.7 Å². The molecule has 2 aromatic rings. The average molecular weight is 362 g/mol. The second-order valence-electron chi connectivity index (χ2n) is 5.15. The molecular formula is C18H16ClNO3S. The van der Waals surface area contributed by atoms with Crippen LogP contribution in [0.25, 0.3) is 6.08 Å². The molecular weight excluding hydrogens is 346 g/mol. The van der Waals surface area contributed by atoms with Gasteiger partial charge in [0, 0.05) is 35.0 Å². The lowest BCUT2D eigenvalue weighted by Gasteiger charge is -2.14. The second-order valence-corrected chi connectivity index (χ2v) is 6.67. The molecule has 6 heteroatoms. The highest BCUT2D eigenvalue weighted by molar-refractivity contribution is 7.99. The van der Waals surface area contributed by atoms with Gasteiger partial charge in [0.15, 0.2) is 0 Å². The molecule has 0 aliphatic heterocycles. The molecule has 0 aliphatic rings. The minimum Gasteiger partial charge on any atom is -0.478 e. The predicted octanol–water partition coefficient (Wildman–Crippen LogP) is 4.29. The van der Waals surface area contributed by atoms with Gasteiger partial charge in [0.2, 0.25) is 0 Å². The number of rotatable bonds is 5. The summed E-state index contributed by atoms with van der Waals surface area (Å²) in [5, 5.41) is 9.34. The summed E-state index contributed by atoms with van der Waals surface area (Å²) in [6.07, 6.45) is 2.56. The number of amides is 1. The van der Waals surface area contributed by atoms with Gasteiger partial charge in [0.1, 0.15) is 0 Å². The Labute approximate surface area is 149 Å². The predicted molar refractivity (Wildman–Crippen MR) is 96.7 cm³/mol. The van der Waals surface area contributed by atoms with Gasteiger partial charge in [0.25, 0.3) is 5.91 Å². The molecule has 0 radical (unpaired) electrons. The normalized spacial score (nSPS) is 10.8. The summed E-state index contributed by atoms with van der Waals surface area (Å²) in [6.45, 7) is 0. The number of carbonyl (C=O) groups excluding carboxylic acids is 1. The molecule has 0 saturated carbocycles. The van der Waals surface area contributed by atoms with Crippen LogP contribution in [0.4, 0.5) is 0 Å². The van der Waals surface area contributed by atoms with Crippen LogP contribution in [0.2, 0.25) is 5.02 Å². The molecule has 1 amide bonds. The fourth-order valence-corrected chi connectivity index (χ4v) is 3.21. The fraction of sp³-hybridized carbons (Fsp3) is 0.111.